The van der Waals surface area contributed by atoms with Crippen LogP contribution in [0.5, 0.6) is 0 Å². The van der Waals surface area contributed by atoms with Crippen LogP contribution < -0.4 is 10.6 Å². The Labute approximate surface area is 147 Å². The third-order valence-corrected chi connectivity index (χ3v) is 4.49. The van der Waals surface area contributed by atoms with E-state index in [1.54, 1.807) is 6.07 Å². The number of hydrogen-bond donors (Lipinski definition) is 2. The average Bonchev–Trinajstić information content (AvgIpc) is 3.34. The van der Waals surface area contributed by atoms with Crippen molar-refractivity contribution in [3.8, 4) is 0 Å². The highest BCUT2D eigenvalue weighted by Crippen LogP contribution is 2.40. The summed E-state index contributed by atoms with van der Waals surface area (Å²) in [7, 11) is 0. The van der Waals surface area contributed by atoms with Gasteiger partial charge in [-0.3, -0.25) is 4.79 Å². The Kier molecular flexibility index (Phi) is 6.12. The molecule has 0 spiro atoms. The van der Waals surface area contributed by atoms with E-state index in [4.69, 9.17) is 0 Å². The number of halogens is 1. The minimum absolute atomic E-state index is 0.0220. The van der Waals surface area contributed by atoms with Gasteiger partial charge in [0.05, 0.1) is 6.04 Å². The second-order valence-electron chi connectivity index (χ2n) is 6.51. The fourth-order valence-electron chi connectivity index (χ4n) is 2.91. The SMILES string of the molecule is Fc1ncccc1C1CC1.O=C(NCc1ccccc1)C1CCCN1. The van der Waals surface area contributed by atoms with E-state index in [0.29, 0.717) is 12.5 Å². The molecule has 1 unspecified atom stereocenters. The molecule has 4 rings (SSSR count). The Hall–Kier alpha value is -2.27. The molecule has 2 heterocycles. The second kappa shape index (κ2) is 8.72. The molecule has 2 N–H and O–H groups in total. The maximum Gasteiger partial charge on any atom is 0.237 e. The summed E-state index contributed by atoms with van der Waals surface area (Å²) in [5.74, 6) is 0.301. The summed E-state index contributed by atoms with van der Waals surface area (Å²) in [6.45, 7) is 1.58. The first-order valence-corrected chi connectivity index (χ1v) is 8.89. The molecule has 1 saturated heterocycles. The van der Waals surface area contributed by atoms with Crippen molar-refractivity contribution in [1.29, 1.82) is 0 Å². The van der Waals surface area contributed by atoms with Gasteiger partial charge in [-0.1, -0.05) is 36.4 Å². The van der Waals surface area contributed by atoms with Gasteiger partial charge in [0.1, 0.15) is 0 Å². The number of pyridine rings is 1. The lowest BCUT2D eigenvalue weighted by molar-refractivity contribution is -0.122. The maximum atomic E-state index is 12.8. The first kappa shape index (κ1) is 17.5. The number of nitrogens with zero attached hydrogens (tertiary/aromatic N) is 1. The van der Waals surface area contributed by atoms with Gasteiger partial charge in [-0.05, 0) is 49.8 Å². The van der Waals surface area contributed by atoms with Crippen LogP contribution in [0, 0.1) is 5.95 Å². The van der Waals surface area contributed by atoms with Crippen LogP contribution in [0.4, 0.5) is 4.39 Å². The van der Waals surface area contributed by atoms with Gasteiger partial charge in [0.25, 0.3) is 0 Å². The Bertz CT molecular complexity index is 682. The van der Waals surface area contributed by atoms with E-state index < -0.39 is 0 Å². The summed E-state index contributed by atoms with van der Waals surface area (Å²) in [5.41, 5.74) is 1.94. The van der Waals surface area contributed by atoms with E-state index in [1.165, 1.54) is 6.20 Å². The molecule has 1 aromatic carbocycles. The van der Waals surface area contributed by atoms with Crippen molar-refractivity contribution < 1.29 is 9.18 Å². The van der Waals surface area contributed by atoms with Crippen LogP contribution in [0.2, 0.25) is 0 Å². The Morgan fingerprint density at radius 2 is 1.96 bits per heavy atom. The van der Waals surface area contributed by atoms with E-state index in [1.807, 2.05) is 36.4 Å². The summed E-state index contributed by atoms with van der Waals surface area (Å²) in [6, 6.07) is 13.6. The van der Waals surface area contributed by atoms with Crippen molar-refractivity contribution in [3.63, 3.8) is 0 Å². The third kappa shape index (κ3) is 5.36. The highest BCUT2D eigenvalue weighted by atomic mass is 19.1. The van der Waals surface area contributed by atoms with Crippen molar-refractivity contribution in [1.82, 2.24) is 15.6 Å². The lowest BCUT2D eigenvalue weighted by atomic mass is 10.2. The fourth-order valence-corrected chi connectivity index (χ4v) is 2.91. The number of hydrogen-bond acceptors (Lipinski definition) is 3. The van der Waals surface area contributed by atoms with E-state index in [9.17, 15) is 9.18 Å². The second-order valence-corrected chi connectivity index (χ2v) is 6.51. The first-order valence-electron chi connectivity index (χ1n) is 8.89. The van der Waals surface area contributed by atoms with Gasteiger partial charge in [-0.25, -0.2) is 4.98 Å². The van der Waals surface area contributed by atoms with Gasteiger partial charge in [0.15, 0.2) is 0 Å². The Morgan fingerprint density at radius 3 is 2.60 bits per heavy atom. The molecule has 0 radical (unpaired) electrons. The summed E-state index contributed by atoms with van der Waals surface area (Å²) in [5, 5.41) is 6.12. The Morgan fingerprint density at radius 1 is 1.16 bits per heavy atom. The molecule has 0 bridgehead atoms. The number of amides is 1. The lowest BCUT2D eigenvalue weighted by Crippen LogP contribution is -2.39. The number of aromatic nitrogens is 1. The summed E-state index contributed by atoms with van der Waals surface area (Å²) in [6.07, 6.45) is 5.80. The number of carbonyl (C=O) groups excluding carboxylic acids is 1. The van der Waals surface area contributed by atoms with Gasteiger partial charge in [0.2, 0.25) is 11.9 Å². The molecule has 1 aromatic heterocycles. The van der Waals surface area contributed by atoms with E-state index >= 15 is 0 Å². The van der Waals surface area contributed by atoms with Crippen LogP contribution >= 0.6 is 0 Å². The van der Waals surface area contributed by atoms with Gasteiger partial charge in [0, 0.05) is 18.3 Å². The standard InChI is InChI=1S/C12H16N2O.C8H8FN/c15-12(11-7-4-8-13-11)14-9-10-5-2-1-3-6-10;9-8-7(6-3-4-6)2-1-5-10-8/h1-3,5-6,11,13H,4,7-9H2,(H,14,15);1-2,5-6H,3-4H2. The largest absolute Gasteiger partial charge is 0.351 e. The van der Waals surface area contributed by atoms with Crippen LogP contribution in [0.25, 0.3) is 0 Å². The topological polar surface area (TPSA) is 54.0 Å². The summed E-state index contributed by atoms with van der Waals surface area (Å²) >= 11 is 0. The maximum absolute atomic E-state index is 12.8. The van der Waals surface area contributed by atoms with E-state index in [-0.39, 0.29) is 17.9 Å². The Balaban J connectivity index is 0.000000157. The highest BCUT2D eigenvalue weighted by Gasteiger charge is 2.26. The van der Waals surface area contributed by atoms with Crippen LogP contribution in [0.1, 0.15) is 42.7 Å². The molecule has 5 heteroatoms. The minimum Gasteiger partial charge on any atom is -0.351 e. The monoisotopic (exact) mass is 341 g/mol. The third-order valence-electron chi connectivity index (χ3n) is 4.49. The molecule has 2 aliphatic rings. The number of rotatable bonds is 4. The van der Waals surface area contributed by atoms with Crippen molar-refractivity contribution in [3.05, 3.63) is 65.7 Å². The van der Waals surface area contributed by atoms with E-state index in [0.717, 1.165) is 43.4 Å². The predicted octanol–water partition coefficient (Wildman–Crippen LogP) is 3.15. The zero-order valence-corrected chi connectivity index (χ0v) is 14.2. The molecular formula is C20H24FN3O. The van der Waals surface area contributed by atoms with Crippen molar-refractivity contribution in [2.24, 2.45) is 0 Å². The molecule has 2 aromatic rings. The molecule has 1 saturated carbocycles. The van der Waals surface area contributed by atoms with Crippen LogP contribution in [-0.2, 0) is 11.3 Å². The molecule has 132 valence electrons. The van der Waals surface area contributed by atoms with Gasteiger partial charge in [-0.2, -0.15) is 4.39 Å². The van der Waals surface area contributed by atoms with Crippen molar-refractivity contribution in [2.45, 2.75) is 44.2 Å². The molecule has 1 aliphatic heterocycles. The van der Waals surface area contributed by atoms with Crippen molar-refractivity contribution >= 4 is 5.91 Å². The fraction of sp³-hybridized carbons (Fsp3) is 0.400. The zero-order chi connectivity index (χ0) is 17.5. The van der Waals surface area contributed by atoms with E-state index in [2.05, 4.69) is 15.6 Å². The highest BCUT2D eigenvalue weighted by molar-refractivity contribution is 5.81. The molecule has 1 amide bonds. The van der Waals surface area contributed by atoms with Gasteiger partial charge in [-0.15, -0.1) is 0 Å². The normalized spacial score (nSPS) is 19.0. The van der Waals surface area contributed by atoms with Crippen LogP contribution in [0.15, 0.2) is 48.7 Å². The summed E-state index contributed by atoms with van der Waals surface area (Å²) in [4.78, 5) is 15.2. The number of carbonyl (C=O) groups is 1. The van der Waals surface area contributed by atoms with Crippen LogP contribution in [0.3, 0.4) is 0 Å². The molecule has 1 atom stereocenters. The predicted molar refractivity (Wildman–Crippen MR) is 95.5 cm³/mol. The van der Waals surface area contributed by atoms with Gasteiger partial charge >= 0.3 is 0 Å². The smallest absolute Gasteiger partial charge is 0.237 e. The lowest BCUT2D eigenvalue weighted by Gasteiger charge is -2.10. The van der Waals surface area contributed by atoms with Crippen LogP contribution in [-0.4, -0.2) is 23.5 Å². The zero-order valence-electron chi connectivity index (χ0n) is 14.2. The minimum atomic E-state index is -0.287. The molecule has 2 fully saturated rings. The molecule has 25 heavy (non-hydrogen) atoms. The van der Waals surface area contributed by atoms with Crippen molar-refractivity contribution in [2.75, 3.05) is 6.54 Å². The quantitative estimate of drug-likeness (QED) is 0.840. The molecular weight excluding hydrogens is 317 g/mol. The van der Waals surface area contributed by atoms with Gasteiger partial charge < -0.3 is 10.6 Å². The number of benzene rings is 1. The average molecular weight is 341 g/mol. The number of nitrogens with one attached hydrogen (secondary N) is 2. The summed E-state index contributed by atoms with van der Waals surface area (Å²) < 4.78 is 12.8. The first-order chi connectivity index (χ1) is 12.2. The molecule has 1 aliphatic carbocycles. The molecule has 4 nitrogen and oxygen atoms in total.